The van der Waals surface area contributed by atoms with E-state index >= 15 is 0 Å². The number of amides is 1. The fraction of sp³-hybridized carbons (Fsp3) is 0.368. The predicted octanol–water partition coefficient (Wildman–Crippen LogP) is 3.43. The van der Waals surface area contributed by atoms with Crippen molar-refractivity contribution in [2.45, 2.75) is 12.8 Å². The fourth-order valence-electron chi connectivity index (χ4n) is 2.20. The standard InChI is InChI=1S/C19H25ClN4OS.HI/c1-24(2)18(25)14-23-19(22-12-10-17-4-3-13-26-17)21-11-9-15-5-7-16(20)8-6-15;/h3-8,13H,9-12,14H2,1-2H3,(H2,21,22,23);1H. The van der Waals surface area contributed by atoms with Crippen LogP contribution >= 0.6 is 46.9 Å². The van der Waals surface area contributed by atoms with Crippen molar-refractivity contribution in [2.24, 2.45) is 4.99 Å². The van der Waals surface area contributed by atoms with Crippen molar-refractivity contribution < 1.29 is 4.79 Å². The molecule has 2 N–H and O–H groups in total. The van der Waals surface area contributed by atoms with Crippen molar-refractivity contribution in [3.05, 3.63) is 57.2 Å². The van der Waals surface area contributed by atoms with E-state index in [1.54, 1.807) is 30.3 Å². The first kappa shape index (κ1) is 23.7. The van der Waals surface area contributed by atoms with Gasteiger partial charge < -0.3 is 15.5 Å². The number of guanidine groups is 1. The Hall–Kier alpha value is -1.32. The van der Waals surface area contributed by atoms with E-state index in [2.05, 4.69) is 33.1 Å². The molecular weight excluding hydrogens is 495 g/mol. The highest BCUT2D eigenvalue weighted by atomic mass is 127. The Morgan fingerprint density at radius 2 is 1.78 bits per heavy atom. The van der Waals surface area contributed by atoms with Crippen LogP contribution in [0.5, 0.6) is 0 Å². The smallest absolute Gasteiger partial charge is 0.243 e. The van der Waals surface area contributed by atoms with Gasteiger partial charge in [0.05, 0.1) is 0 Å². The number of nitrogens with one attached hydrogen (secondary N) is 2. The summed E-state index contributed by atoms with van der Waals surface area (Å²) in [6.07, 6.45) is 1.78. The molecule has 0 saturated heterocycles. The number of benzene rings is 1. The average molecular weight is 521 g/mol. The molecule has 27 heavy (non-hydrogen) atoms. The first-order valence-electron chi connectivity index (χ1n) is 8.54. The summed E-state index contributed by atoms with van der Waals surface area (Å²) in [6, 6.07) is 12.0. The van der Waals surface area contributed by atoms with E-state index in [0.29, 0.717) is 5.96 Å². The molecule has 5 nitrogen and oxygen atoms in total. The first-order valence-corrected chi connectivity index (χ1v) is 9.79. The number of hydrogen-bond acceptors (Lipinski definition) is 3. The summed E-state index contributed by atoms with van der Waals surface area (Å²) < 4.78 is 0. The van der Waals surface area contributed by atoms with Gasteiger partial charge in [-0.25, -0.2) is 4.99 Å². The summed E-state index contributed by atoms with van der Waals surface area (Å²) in [5.74, 6) is 0.632. The maximum Gasteiger partial charge on any atom is 0.243 e. The van der Waals surface area contributed by atoms with Crippen molar-refractivity contribution in [1.29, 1.82) is 0 Å². The minimum atomic E-state index is -0.0259. The lowest BCUT2D eigenvalue weighted by molar-refractivity contribution is -0.127. The third-order valence-corrected chi connectivity index (χ3v) is 4.92. The summed E-state index contributed by atoms with van der Waals surface area (Å²) >= 11 is 7.65. The van der Waals surface area contributed by atoms with Crippen LogP contribution in [0.25, 0.3) is 0 Å². The summed E-state index contributed by atoms with van der Waals surface area (Å²) in [7, 11) is 3.46. The highest BCUT2D eigenvalue weighted by Gasteiger charge is 2.05. The Kier molecular flexibility index (Phi) is 11.4. The minimum absolute atomic E-state index is 0. The third kappa shape index (κ3) is 9.44. The molecule has 0 bridgehead atoms. The number of thiophene rings is 1. The van der Waals surface area contributed by atoms with Gasteiger partial charge in [0.15, 0.2) is 5.96 Å². The molecule has 1 heterocycles. The quantitative estimate of drug-likeness (QED) is 0.319. The normalized spacial score (nSPS) is 10.9. The Morgan fingerprint density at radius 3 is 2.37 bits per heavy atom. The largest absolute Gasteiger partial charge is 0.356 e. The second kappa shape index (κ2) is 13.0. The maximum absolute atomic E-state index is 11.8. The van der Waals surface area contributed by atoms with E-state index in [-0.39, 0.29) is 36.4 Å². The molecule has 0 aliphatic heterocycles. The zero-order valence-electron chi connectivity index (χ0n) is 15.6. The third-order valence-electron chi connectivity index (χ3n) is 3.73. The van der Waals surface area contributed by atoms with Gasteiger partial charge in [-0.3, -0.25) is 4.79 Å². The molecule has 0 atom stereocenters. The number of aliphatic imine (C=N–C) groups is 1. The maximum atomic E-state index is 11.8. The van der Waals surface area contributed by atoms with Gasteiger partial charge in [0.25, 0.3) is 0 Å². The van der Waals surface area contributed by atoms with Crippen molar-refractivity contribution in [2.75, 3.05) is 33.7 Å². The van der Waals surface area contributed by atoms with Crippen LogP contribution in [0.2, 0.25) is 5.02 Å². The SMILES string of the molecule is CN(C)C(=O)CN=C(NCCc1ccc(Cl)cc1)NCCc1cccs1.I. The Balaban J connectivity index is 0.00000364. The second-order valence-corrected chi connectivity index (χ2v) is 7.48. The second-order valence-electron chi connectivity index (χ2n) is 6.01. The number of carbonyl (C=O) groups is 1. The lowest BCUT2D eigenvalue weighted by Crippen LogP contribution is -2.40. The van der Waals surface area contributed by atoms with Crippen LogP contribution in [0.4, 0.5) is 0 Å². The molecule has 0 saturated carbocycles. The van der Waals surface area contributed by atoms with Gasteiger partial charge in [-0.05, 0) is 42.0 Å². The van der Waals surface area contributed by atoms with Gasteiger partial charge in [0.2, 0.25) is 5.91 Å². The van der Waals surface area contributed by atoms with Crippen LogP contribution in [0, 0.1) is 0 Å². The number of likely N-dealkylation sites (N-methyl/N-ethyl adjacent to an activating group) is 1. The molecule has 0 spiro atoms. The Morgan fingerprint density at radius 1 is 1.11 bits per heavy atom. The zero-order valence-corrected chi connectivity index (χ0v) is 19.5. The molecule has 2 aromatic rings. The molecule has 148 valence electrons. The summed E-state index contributed by atoms with van der Waals surface area (Å²) in [4.78, 5) is 19.0. The molecule has 1 amide bonds. The number of hydrogen-bond donors (Lipinski definition) is 2. The molecule has 1 aromatic carbocycles. The van der Waals surface area contributed by atoms with Crippen molar-refractivity contribution in [1.82, 2.24) is 15.5 Å². The molecule has 0 fully saturated rings. The summed E-state index contributed by atoms with van der Waals surface area (Å²) in [5, 5.41) is 9.41. The fourth-order valence-corrected chi connectivity index (χ4v) is 3.03. The van der Waals surface area contributed by atoms with Crippen LogP contribution in [0.1, 0.15) is 10.4 Å². The minimum Gasteiger partial charge on any atom is -0.356 e. The monoisotopic (exact) mass is 520 g/mol. The average Bonchev–Trinajstić information content (AvgIpc) is 3.14. The van der Waals surface area contributed by atoms with Crippen LogP contribution in [-0.2, 0) is 17.6 Å². The van der Waals surface area contributed by atoms with E-state index in [1.165, 1.54) is 10.4 Å². The molecule has 0 radical (unpaired) electrons. The molecule has 0 unspecified atom stereocenters. The number of rotatable bonds is 8. The Labute approximate surface area is 187 Å². The molecule has 1 aromatic heterocycles. The van der Waals surface area contributed by atoms with Crippen molar-refractivity contribution in [3.63, 3.8) is 0 Å². The van der Waals surface area contributed by atoms with Gasteiger partial charge in [-0.2, -0.15) is 0 Å². The number of halogens is 2. The highest BCUT2D eigenvalue weighted by Crippen LogP contribution is 2.09. The van der Waals surface area contributed by atoms with Gasteiger partial charge in [-0.1, -0.05) is 29.8 Å². The number of carbonyl (C=O) groups excluding carboxylic acids is 1. The summed E-state index contributed by atoms with van der Waals surface area (Å²) in [5.41, 5.74) is 1.20. The highest BCUT2D eigenvalue weighted by molar-refractivity contribution is 14.0. The lowest BCUT2D eigenvalue weighted by Gasteiger charge is -2.13. The first-order chi connectivity index (χ1) is 12.5. The van der Waals surface area contributed by atoms with Gasteiger partial charge in [-0.15, -0.1) is 35.3 Å². The molecule has 2 rings (SSSR count). The van der Waals surface area contributed by atoms with Crippen molar-refractivity contribution in [3.8, 4) is 0 Å². The van der Waals surface area contributed by atoms with E-state index < -0.39 is 0 Å². The van der Waals surface area contributed by atoms with E-state index in [1.807, 2.05) is 24.3 Å². The topological polar surface area (TPSA) is 56.7 Å². The molecular formula is C19H26ClIN4OS. The predicted molar refractivity (Wildman–Crippen MR) is 126 cm³/mol. The van der Waals surface area contributed by atoms with Crippen molar-refractivity contribution >= 4 is 58.8 Å². The summed E-state index contributed by atoms with van der Waals surface area (Å²) in [6.45, 7) is 1.62. The van der Waals surface area contributed by atoms with Gasteiger partial charge in [0, 0.05) is 37.1 Å². The van der Waals surface area contributed by atoms with E-state index in [4.69, 9.17) is 11.6 Å². The Bertz CT molecular complexity index is 705. The van der Waals surface area contributed by atoms with E-state index in [0.717, 1.165) is 31.0 Å². The molecule has 0 aliphatic carbocycles. The van der Waals surface area contributed by atoms with Crippen LogP contribution in [-0.4, -0.2) is 50.5 Å². The molecule has 0 aliphatic rings. The van der Waals surface area contributed by atoms with Crippen LogP contribution in [0.15, 0.2) is 46.8 Å². The van der Waals surface area contributed by atoms with Crippen LogP contribution in [0.3, 0.4) is 0 Å². The van der Waals surface area contributed by atoms with Crippen LogP contribution < -0.4 is 10.6 Å². The van der Waals surface area contributed by atoms with Gasteiger partial charge in [0.1, 0.15) is 6.54 Å². The zero-order chi connectivity index (χ0) is 18.8. The van der Waals surface area contributed by atoms with E-state index in [9.17, 15) is 4.79 Å². The molecule has 8 heteroatoms. The lowest BCUT2D eigenvalue weighted by atomic mass is 10.1. The van der Waals surface area contributed by atoms with Gasteiger partial charge >= 0.3 is 0 Å². The number of nitrogens with zero attached hydrogens (tertiary/aromatic N) is 2.